The molecule has 0 heterocycles. The molecular formula is C15H22O6. The number of carbonyl (C=O) groups excluding carboxylic acids is 1. The fraction of sp³-hybridized carbons (Fsp3) is 0.533. The molecule has 1 aromatic rings. The smallest absolute Gasteiger partial charge is 0.208 e. The molecule has 118 valence electrons. The second kappa shape index (κ2) is 8.36. The summed E-state index contributed by atoms with van der Waals surface area (Å²) in [6.45, 7) is 6.31. The van der Waals surface area contributed by atoms with Crippen LogP contribution in [0.1, 0.15) is 29.8 Å². The van der Waals surface area contributed by atoms with Gasteiger partial charge in [0.15, 0.2) is 24.6 Å². The number of hydrogen-bond donors (Lipinski definition) is 0. The largest absolute Gasteiger partial charge is 0.490 e. The Labute approximate surface area is 124 Å². The maximum absolute atomic E-state index is 11.4. The third kappa shape index (κ3) is 3.58. The molecular weight excluding hydrogens is 276 g/mol. The zero-order chi connectivity index (χ0) is 15.8. The summed E-state index contributed by atoms with van der Waals surface area (Å²) in [5.41, 5.74) is 0.998. The standard InChI is InChI=1S/C15H22O6/c1-6-19-13-11(8-16)10(3)12(21-9-17-4)15(20-7-2)14(13)18-5/h8H,6-7,9H2,1-5H3. The highest BCUT2D eigenvalue weighted by atomic mass is 16.7. The first-order valence-electron chi connectivity index (χ1n) is 6.73. The van der Waals surface area contributed by atoms with Crippen LogP contribution in [0.2, 0.25) is 0 Å². The van der Waals surface area contributed by atoms with Crippen LogP contribution in [0.3, 0.4) is 0 Å². The number of rotatable bonds is 9. The summed E-state index contributed by atoms with van der Waals surface area (Å²) in [5.74, 6) is 1.53. The van der Waals surface area contributed by atoms with Crippen LogP contribution in [0.25, 0.3) is 0 Å². The first-order valence-corrected chi connectivity index (χ1v) is 6.73. The van der Waals surface area contributed by atoms with Gasteiger partial charge >= 0.3 is 0 Å². The SMILES string of the molecule is CCOc1c(C=O)c(C)c(OCOC)c(OCC)c1OC. The average Bonchev–Trinajstić information content (AvgIpc) is 2.48. The zero-order valence-electron chi connectivity index (χ0n) is 13.1. The lowest BCUT2D eigenvalue weighted by molar-refractivity contribution is 0.0476. The first-order chi connectivity index (χ1) is 10.2. The molecule has 0 fully saturated rings. The zero-order valence-corrected chi connectivity index (χ0v) is 13.1. The predicted octanol–water partition coefficient (Wildman–Crippen LogP) is 2.60. The number of ether oxygens (including phenoxy) is 5. The normalized spacial score (nSPS) is 10.1. The van der Waals surface area contributed by atoms with Crippen molar-refractivity contribution in [3.8, 4) is 23.0 Å². The van der Waals surface area contributed by atoms with Gasteiger partial charge in [0.1, 0.15) is 0 Å². The Morgan fingerprint density at radius 1 is 0.905 bits per heavy atom. The predicted molar refractivity (Wildman–Crippen MR) is 78.0 cm³/mol. The highest BCUT2D eigenvalue weighted by Gasteiger charge is 2.26. The minimum atomic E-state index is 0.0380. The molecule has 0 aliphatic carbocycles. The van der Waals surface area contributed by atoms with Crippen LogP contribution in [0, 0.1) is 6.92 Å². The van der Waals surface area contributed by atoms with Crippen molar-refractivity contribution in [1.82, 2.24) is 0 Å². The van der Waals surface area contributed by atoms with E-state index >= 15 is 0 Å². The molecule has 0 unspecified atom stereocenters. The molecule has 1 aromatic carbocycles. The molecule has 21 heavy (non-hydrogen) atoms. The van der Waals surface area contributed by atoms with Gasteiger partial charge in [-0.1, -0.05) is 0 Å². The van der Waals surface area contributed by atoms with Gasteiger partial charge in [-0.15, -0.1) is 0 Å². The van der Waals surface area contributed by atoms with Gasteiger partial charge in [-0.2, -0.15) is 0 Å². The molecule has 0 bridgehead atoms. The highest BCUT2D eigenvalue weighted by Crippen LogP contribution is 2.49. The van der Waals surface area contributed by atoms with E-state index in [9.17, 15) is 4.79 Å². The quantitative estimate of drug-likeness (QED) is 0.516. The third-order valence-electron chi connectivity index (χ3n) is 2.83. The molecule has 0 atom stereocenters. The van der Waals surface area contributed by atoms with Gasteiger partial charge in [0, 0.05) is 12.7 Å². The van der Waals surface area contributed by atoms with E-state index in [1.165, 1.54) is 14.2 Å². The molecule has 0 saturated heterocycles. The Bertz CT molecular complexity index is 484. The second-order valence-electron chi connectivity index (χ2n) is 4.09. The Morgan fingerprint density at radius 3 is 2.00 bits per heavy atom. The van der Waals surface area contributed by atoms with Gasteiger partial charge < -0.3 is 23.7 Å². The summed E-state index contributed by atoms with van der Waals surface area (Å²) in [4.78, 5) is 11.4. The van der Waals surface area contributed by atoms with Gasteiger partial charge in [-0.25, -0.2) is 0 Å². The van der Waals surface area contributed by atoms with Crippen LogP contribution < -0.4 is 18.9 Å². The summed E-state index contributed by atoms with van der Waals surface area (Å²) in [6, 6.07) is 0. The lowest BCUT2D eigenvalue weighted by Crippen LogP contribution is -2.09. The Balaban J connectivity index is 3.57. The number of aldehydes is 1. The van der Waals surface area contributed by atoms with Crippen LogP contribution in [0.5, 0.6) is 23.0 Å². The molecule has 0 amide bonds. The van der Waals surface area contributed by atoms with Crippen molar-refractivity contribution in [2.75, 3.05) is 34.2 Å². The van der Waals surface area contributed by atoms with Crippen molar-refractivity contribution in [2.45, 2.75) is 20.8 Å². The maximum Gasteiger partial charge on any atom is 0.208 e. The van der Waals surface area contributed by atoms with Crippen LogP contribution in [-0.4, -0.2) is 40.5 Å². The number of methoxy groups -OCH3 is 2. The Kier molecular flexibility index (Phi) is 6.81. The summed E-state index contributed by atoms with van der Waals surface area (Å²) in [5, 5.41) is 0. The molecule has 0 spiro atoms. The lowest BCUT2D eigenvalue weighted by Gasteiger charge is -2.21. The van der Waals surface area contributed by atoms with Gasteiger partial charge in [-0.05, 0) is 20.8 Å². The van der Waals surface area contributed by atoms with Crippen molar-refractivity contribution in [1.29, 1.82) is 0 Å². The molecule has 0 saturated carbocycles. The fourth-order valence-corrected chi connectivity index (χ4v) is 1.97. The van der Waals surface area contributed by atoms with E-state index in [0.29, 0.717) is 47.3 Å². The van der Waals surface area contributed by atoms with Crippen molar-refractivity contribution >= 4 is 6.29 Å². The molecule has 6 heteroatoms. The van der Waals surface area contributed by atoms with Crippen LogP contribution in [0.4, 0.5) is 0 Å². The maximum atomic E-state index is 11.4. The van der Waals surface area contributed by atoms with E-state index in [4.69, 9.17) is 23.7 Å². The van der Waals surface area contributed by atoms with Crippen LogP contribution in [-0.2, 0) is 4.74 Å². The van der Waals surface area contributed by atoms with Crippen molar-refractivity contribution in [2.24, 2.45) is 0 Å². The van der Waals surface area contributed by atoms with Gasteiger partial charge in [0.2, 0.25) is 11.5 Å². The Morgan fingerprint density at radius 2 is 1.52 bits per heavy atom. The molecule has 6 nitrogen and oxygen atoms in total. The van der Waals surface area contributed by atoms with Crippen LogP contribution >= 0.6 is 0 Å². The summed E-state index contributed by atoms with van der Waals surface area (Å²) < 4.78 is 27.0. The summed E-state index contributed by atoms with van der Waals surface area (Å²) in [7, 11) is 3.01. The summed E-state index contributed by atoms with van der Waals surface area (Å²) in [6.07, 6.45) is 0.720. The molecule has 1 rings (SSSR count). The molecule has 0 aliphatic heterocycles. The van der Waals surface area contributed by atoms with Gasteiger partial charge in [0.05, 0.1) is 25.9 Å². The van der Waals surface area contributed by atoms with Crippen LogP contribution in [0.15, 0.2) is 0 Å². The van der Waals surface area contributed by atoms with E-state index in [2.05, 4.69) is 0 Å². The number of benzene rings is 1. The van der Waals surface area contributed by atoms with Gasteiger partial charge in [0.25, 0.3) is 0 Å². The minimum Gasteiger partial charge on any atom is -0.490 e. The third-order valence-corrected chi connectivity index (χ3v) is 2.83. The monoisotopic (exact) mass is 298 g/mol. The number of hydrogen-bond acceptors (Lipinski definition) is 6. The van der Waals surface area contributed by atoms with Crippen molar-refractivity contribution < 1.29 is 28.5 Å². The van der Waals surface area contributed by atoms with E-state index in [1.807, 2.05) is 13.8 Å². The molecule has 0 N–H and O–H groups in total. The van der Waals surface area contributed by atoms with E-state index in [0.717, 1.165) is 6.29 Å². The second-order valence-corrected chi connectivity index (χ2v) is 4.09. The first kappa shape index (κ1) is 17.1. The topological polar surface area (TPSA) is 63.2 Å². The fourth-order valence-electron chi connectivity index (χ4n) is 1.97. The average molecular weight is 298 g/mol. The van der Waals surface area contributed by atoms with Crippen molar-refractivity contribution in [3.63, 3.8) is 0 Å². The Hall–Kier alpha value is -1.95. The van der Waals surface area contributed by atoms with E-state index in [1.54, 1.807) is 6.92 Å². The molecule has 0 aliphatic rings. The van der Waals surface area contributed by atoms with Gasteiger partial charge in [-0.3, -0.25) is 4.79 Å². The minimum absolute atomic E-state index is 0.0380. The molecule has 0 aromatic heterocycles. The highest BCUT2D eigenvalue weighted by molar-refractivity contribution is 5.87. The van der Waals surface area contributed by atoms with Crippen molar-refractivity contribution in [3.05, 3.63) is 11.1 Å². The van der Waals surface area contributed by atoms with E-state index in [-0.39, 0.29) is 6.79 Å². The van der Waals surface area contributed by atoms with E-state index < -0.39 is 0 Å². The number of carbonyl (C=O) groups is 1. The lowest BCUT2D eigenvalue weighted by atomic mass is 10.1. The molecule has 0 radical (unpaired) electrons. The summed E-state index contributed by atoms with van der Waals surface area (Å²) >= 11 is 0.